The smallest absolute Gasteiger partial charge is 0.204 e. The summed E-state index contributed by atoms with van der Waals surface area (Å²) >= 11 is 1.57. The van der Waals surface area contributed by atoms with Crippen LogP contribution >= 0.6 is 11.3 Å². The Labute approximate surface area is 141 Å². The van der Waals surface area contributed by atoms with E-state index in [0.717, 1.165) is 15.8 Å². The van der Waals surface area contributed by atoms with Crippen molar-refractivity contribution in [3.05, 3.63) is 52.1 Å². The lowest BCUT2D eigenvalue weighted by Crippen LogP contribution is -2.02. The molecule has 4 aromatic rings. The molecule has 4 rings (SSSR count). The summed E-state index contributed by atoms with van der Waals surface area (Å²) in [6, 6.07) is 10.6. The monoisotopic (exact) mass is 339 g/mol. The molecule has 0 atom stereocenters. The predicted octanol–water partition coefficient (Wildman–Crippen LogP) is 4.09. The minimum atomic E-state index is -0.134. The molecule has 0 radical (unpaired) electrons. The first-order chi connectivity index (χ1) is 11.7. The molecule has 120 valence electrons. The van der Waals surface area contributed by atoms with Crippen LogP contribution < -0.4 is 14.9 Å². The molecule has 2 aromatic carbocycles. The minimum Gasteiger partial charge on any atom is -0.493 e. The van der Waals surface area contributed by atoms with E-state index in [2.05, 4.69) is 4.98 Å². The summed E-state index contributed by atoms with van der Waals surface area (Å²) in [6.07, 6.45) is 0. The minimum absolute atomic E-state index is 0.134. The van der Waals surface area contributed by atoms with Gasteiger partial charge in [-0.25, -0.2) is 4.98 Å². The Morgan fingerprint density at radius 2 is 1.96 bits per heavy atom. The summed E-state index contributed by atoms with van der Waals surface area (Å²) in [4.78, 5) is 16.8. The molecule has 0 aliphatic rings. The third-order valence-corrected chi connectivity index (χ3v) is 4.66. The zero-order valence-corrected chi connectivity index (χ0v) is 13.8. The highest BCUT2D eigenvalue weighted by Crippen LogP contribution is 2.36. The molecule has 6 heteroatoms. The topological polar surface area (TPSA) is 61.6 Å². The molecule has 24 heavy (non-hydrogen) atoms. The van der Waals surface area contributed by atoms with E-state index in [1.165, 1.54) is 13.2 Å². The standard InChI is InChI=1S/C18H13NO4S/c1-21-14-5-4-11-13(20)8-15(23-17(11)18(14)22-2)10-3-6-16-12(7-10)19-9-24-16/h3-9H,1-2H3. The number of methoxy groups -OCH3 is 2. The van der Waals surface area contributed by atoms with E-state index in [4.69, 9.17) is 13.9 Å². The van der Waals surface area contributed by atoms with E-state index in [0.29, 0.717) is 28.2 Å². The van der Waals surface area contributed by atoms with Crippen molar-refractivity contribution >= 4 is 32.5 Å². The summed E-state index contributed by atoms with van der Waals surface area (Å²) in [6.45, 7) is 0. The highest BCUT2D eigenvalue weighted by Gasteiger charge is 2.15. The largest absolute Gasteiger partial charge is 0.493 e. The van der Waals surface area contributed by atoms with E-state index < -0.39 is 0 Å². The van der Waals surface area contributed by atoms with E-state index in [1.807, 2.05) is 18.2 Å². The maximum absolute atomic E-state index is 12.5. The lowest BCUT2D eigenvalue weighted by Gasteiger charge is -2.10. The Bertz CT molecular complexity index is 1110. The molecule has 2 heterocycles. The highest BCUT2D eigenvalue weighted by molar-refractivity contribution is 7.16. The van der Waals surface area contributed by atoms with Crippen LogP contribution in [0.5, 0.6) is 11.5 Å². The van der Waals surface area contributed by atoms with Crippen molar-refractivity contribution < 1.29 is 13.9 Å². The van der Waals surface area contributed by atoms with Crippen LogP contribution in [-0.2, 0) is 0 Å². The van der Waals surface area contributed by atoms with Crippen LogP contribution in [-0.4, -0.2) is 19.2 Å². The van der Waals surface area contributed by atoms with Crippen LogP contribution in [0.3, 0.4) is 0 Å². The van der Waals surface area contributed by atoms with Crippen molar-refractivity contribution in [2.24, 2.45) is 0 Å². The van der Waals surface area contributed by atoms with Gasteiger partial charge in [0.25, 0.3) is 0 Å². The molecule has 0 saturated heterocycles. The molecule has 0 amide bonds. The first kappa shape index (κ1) is 14.7. The van der Waals surface area contributed by atoms with Gasteiger partial charge in [0.1, 0.15) is 5.76 Å². The third-order valence-electron chi connectivity index (χ3n) is 3.85. The first-order valence-corrected chi connectivity index (χ1v) is 8.11. The molecule has 0 unspecified atom stereocenters. The summed E-state index contributed by atoms with van der Waals surface area (Å²) in [7, 11) is 3.06. The SMILES string of the molecule is COc1ccc2c(=O)cc(-c3ccc4scnc4c3)oc2c1OC. The van der Waals surface area contributed by atoms with Crippen molar-refractivity contribution in [3.8, 4) is 22.8 Å². The van der Waals surface area contributed by atoms with Crippen LogP contribution in [0.2, 0.25) is 0 Å². The van der Waals surface area contributed by atoms with Crippen LogP contribution in [0.4, 0.5) is 0 Å². The molecule has 2 aromatic heterocycles. The number of aromatic nitrogens is 1. The number of fused-ring (bicyclic) bond motifs is 2. The molecular weight excluding hydrogens is 326 g/mol. The van der Waals surface area contributed by atoms with Crippen molar-refractivity contribution in [1.82, 2.24) is 4.98 Å². The van der Waals surface area contributed by atoms with Gasteiger partial charge in [0.05, 0.1) is 35.3 Å². The van der Waals surface area contributed by atoms with Crippen LogP contribution in [0, 0.1) is 0 Å². The third kappa shape index (κ3) is 2.23. The van der Waals surface area contributed by atoms with Gasteiger partial charge < -0.3 is 13.9 Å². The van der Waals surface area contributed by atoms with E-state index in [-0.39, 0.29) is 5.43 Å². The van der Waals surface area contributed by atoms with Crippen LogP contribution in [0.25, 0.3) is 32.5 Å². The Balaban J connectivity index is 2.00. The molecule has 0 aliphatic heterocycles. The number of hydrogen-bond acceptors (Lipinski definition) is 6. The number of thiazole rings is 1. The van der Waals surface area contributed by atoms with Crippen LogP contribution in [0.1, 0.15) is 0 Å². The Morgan fingerprint density at radius 3 is 2.75 bits per heavy atom. The van der Waals surface area contributed by atoms with E-state index >= 15 is 0 Å². The van der Waals surface area contributed by atoms with Gasteiger partial charge in [0.2, 0.25) is 5.75 Å². The predicted molar refractivity (Wildman–Crippen MR) is 94.2 cm³/mol. The number of hydrogen-bond donors (Lipinski definition) is 0. The highest BCUT2D eigenvalue weighted by atomic mass is 32.1. The van der Waals surface area contributed by atoms with Gasteiger partial charge in [0, 0.05) is 11.6 Å². The van der Waals surface area contributed by atoms with Crippen molar-refractivity contribution in [2.75, 3.05) is 14.2 Å². The van der Waals surface area contributed by atoms with E-state index in [1.54, 1.807) is 36.1 Å². The summed E-state index contributed by atoms with van der Waals surface area (Å²) < 4.78 is 17.7. The van der Waals surface area contributed by atoms with Gasteiger partial charge >= 0.3 is 0 Å². The molecule has 0 spiro atoms. The Kier molecular flexibility index (Phi) is 3.46. The number of ether oxygens (including phenoxy) is 2. The zero-order valence-electron chi connectivity index (χ0n) is 13.0. The van der Waals surface area contributed by atoms with Gasteiger partial charge in [-0.3, -0.25) is 4.79 Å². The second kappa shape index (κ2) is 5.65. The average molecular weight is 339 g/mol. The van der Waals surface area contributed by atoms with Crippen molar-refractivity contribution in [3.63, 3.8) is 0 Å². The van der Waals surface area contributed by atoms with E-state index in [9.17, 15) is 4.79 Å². The van der Waals surface area contributed by atoms with Gasteiger partial charge in [-0.05, 0) is 30.3 Å². The number of rotatable bonds is 3. The van der Waals surface area contributed by atoms with Gasteiger partial charge in [-0.15, -0.1) is 11.3 Å². The van der Waals surface area contributed by atoms with Crippen molar-refractivity contribution in [1.29, 1.82) is 0 Å². The molecule has 0 saturated carbocycles. The second-order valence-corrected chi connectivity index (χ2v) is 6.07. The van der Waals surface area contributed by atoms with Gasteiger partial charge in [-0.2, -0.15) is 0 Å². The number of nitrogens with zero attached hydrogens (tertiary/aromatic N) is 1. The molecule has 0 bridgehead atoms. The first-order valence-electron chi connectivity index (χ1n) is 7.23. The lowest BCUT2D eigenvalue weighted by molar-refractivity contribution is 0.353. The molecule has 0 fully saturated rings. The fourth-order valence-corrected chi connectivity index (χ4v) is 3.34. The van der Waals surface area contributed by atoms with Crippen LogP contribution in [0.15, 0.2) is 51.1 Å². The summed E-state index contributed by atoms with van der Waals surface area (Å²) in [5, 5.41) is 0.450. The Hall–Kier alpha value is -2.86. The molecule has 5 nitrogen and oxygen atoms in total. The molecule has 0 N–H and O–H groups in total. The fraction of sp³-hybridized carbons (Fsp3) is 0.111. The Morgan fingerprint density at radius 1 is 1.08 bits per heavy atom. The second-order valence-electron chi connectivity index (χ2n) is 5.19. The maximum atomic E-state index is 12.5. The lowest BCUT2D eigenvalue weighted by atomic mass is 10.1. The quantitative estimate of drug-likeness (QED) is 0.563. The van der Waals surface area contributed by atoms with Crippen molar-refractivity contribution in [2.45, 2.75) is 0 Å². The molecular formula is C18H13NO4S. The summed E-state index contributed by atoms with van der Waals surface area (Å²) in [5.74, 6) is 1.39. The maximum Gasteiger partial charge on any atom is 0.204 e. The van der Waals surface area contributed by atoms with Gasteiger partial charge in [0.15, 0.2) is 16.8 Å². The summed E-state index contributed by atoms with van der Waals surface area (Å²) in [5.41, 5.74) is 3.69. The number of benzene rings is 2. The molecule has 0 aliphatic carbocycles. The van der Waals surface area contributed by atoms with Gasteiger partial charge in [-0.1, -0.05) is 0 Å². The fourth-order valence-electron chi connectivity index (χ4n) is 2.68. The normalized spacial score (nSPS) is 11.1. The zero-order chi connectivity index (χ0) is 16.7. The average Bonchev–Trinajstić information content (AvgIpc) is 3.08.